The molecule has 0 saturated carbocycles. The summed E-state index contributed by atoms with van der Waals surface area (Å²) in [5.41, 5.74) is 0.492. The van der Waals surface area contributed by atoms with Crippen LogP contribution in [0, 0.1) is 5.92 Å². The van der Waals surface area contributed by atoms with Crippen molar-refractivity contribution in [2.75, 3.05) is 32.7 Å². The SMILES string of the molecule is CCNC(=NCc1cc(C(C)C)no1)N1CCC(CN(CC)C(=O)OC(C)(C)C)CC1.I. The van der Waals surface area contributed by atoms with Crippen LogP contribution in [0.15, 0.2) is 15.6 Å². The number of amides is 1. The number of nitrogens with zero attached hydrogens (tertiary/aromatic N) is 4. The van der Waals surface area contributed by atoms with E-state index in [-0.39, 0.29) is 30.1 Å². The lowest BCUT2D eigenvalue weighted by atomic mass is 9.96. The Morgan fingerprint density at radius 2 is 2.00 bits per heavy atom. The van der Waals surface area contributed by atoms with E-state index in [0.29, 0.717) is 24.9 Å². The van der Waals surface area contributed by atoms with Gasteiger partial charge in [0.25, 0.3) is 0 Å². The normalized spacial score (nSPS) is 15.5. The number of aromatic nitrogens is 1. The molecule has 1 aliphatic rings. The van der Waals surface area contributed by atoms with Crippen LogP contribution in [-0.4, -0.2) is 65.3 Å². The van der Waals surface area contributed by atoms with E-state index in [1.807, 2.05) is 38.7 Å². The highest BCUT2D eigenvalue weighted by Crippen LogP contribution is 2.20. The molecule has 1 saturated heterocycles. The van der Waals surface area contributed by atoms with Gasteiger partial charge in [0, 0.05) is 38.8 Å². The largest absolute Gasteiger partial charge is 0.444 e. The second-order valence-electron chi connectivity index (χ2n) is 9.49. The van der Waals surface area contributed by atoms with E-state index in [4.69, 9.17) is 14.3 Å². The highest BCUT2D eigenvalue weighted by atomic mass is 127. The van der Waals surface area contributed by atoms with E-state index in [2.05, 4.69) is 36.1 Å². The number of hydrogen-bond acceptors (Lipinski definition) is 5. The maximum atomic E-state index is 12.4. The predicted octanol–water partition coefficient (Wildman–Crippen LogP) is 4.85. The molecule has 2 rings (SSSR count). The first-order valence-electron chi connectivity index (χ1n) is 11.6. The molecule has 32 heavy (non-hydrogen) atoms. The quantitative estimate of drug-likeness (QED) is 0.290. The fourth-order valence-corrected chi connectivity index (χ4v) is 3.55. The van der Waals surface area contributed by atoms with Gasteiger partial charge in [-0.1, -0.05) is 19.0 Å². The minimum Gasteiger partial charge on any atom is -0.444 e. The Kier molecular flexibility index (Phi) is 11.8. The molecule has 0 atom stereocenters. The average Bonchev–Trinajstić information content (AvgIpc) is 3.18. The number of rotatable bonds is 7. The molecule has 2 heterocycles. The standard InChI is InChI=1S/C23H41N5O3.HI/c1-8-24-21(25-15-19-14-20(17(3)4)26-31-19)28-12-10-18(11-13-28)16-27(9-2)22(29)30-23(5,6)7;/h14,17-18H,8-13,15-16H2,1-7H3,(H,24,25);1H. The van der Waals surface area contributed by atoms with Crippen LogP contribution in [0.5, 0.6) is 0 Å². The van der Waals surface area contributed by atoms with Crippen molar-refractivity contribution in [2.45, 2.75) is 79.4 Å². The summed E-state index contributed by atoms with van der Waals surface area (Å²) in [6, 6.07) is 1.99. The van der Waals surface area contributed by atoms with Crippen LogP contribution in [-0.2, 0) is 11.3 Å². The van der Waals surface area contributed by atoms with Gasteiger partial charge in [-0.05, 0) is 59.3 Å². The van der Waals surface area contributed by atoms with Gasteiger partial charge in [0.15, 0.2) is 11.7 Å². The van der Waals surface area contributed by atoms with Gasteiger partial charge in [-0.2, -0.15) is 0 Å². The van der Waals surface area contributed by atoms with E-state index >= 15 is 0 Å². The Morgan fingerprint density at radius 3 is 2.50 bits per heavy atom. The van der Waals surface area contributed by atoms with E-state index in [1.165, 1.54) is 0 Å². The molecule has 0 aliphatic carbocycles. The van der Waals surface area contributed by atoms with Crippen molar-refractivity contribution >= 4 is 36.0 Å². The van der Waals surface area contributed by atoms with Crippen LogP contribution >= 0.6 is 24.0 Å². The third-order valence-corrected chi connectivity index (χ3v) is 5.31. The Labute approximate surface area is 210 Å². The molecule has 8 nitrogen and oxygen atoms in total. The molecule has 0 bridgehead atoms. The van der Waals surface area contributed by atoms with Crippen molar-refractivity contribution in [3.05, 3.63) is 17.5 Å². The smallest absolute Gasteiger partial charge is 0.410 e. The molecule has 1 aliphatic heterocycles. The second-order valence-corrected chi connectivity index (χ2v) is 9.49. The summed E-state index contributed by atoms with van der Waals surface area (Å²) in [4.78, 5) is 21.3. The Bertz CT molecular complexity index is 721. The first-order valence-corrected chi connectivity index (χ1v) is 11.6. The molecule has 9 heteroatoms. The number of carbonyl (C=O) groups excluding carboxylic acids is 1. The van der Waals surface area contributed by atoms with Crippen molar-refractivity contribution < 1.29 is 14.1 Å². The summed E-state index contributed by atoms with van der Waals surface area (Å²) in [6.07, 6.45) is 1.81. The van der Waals surface area contributed by atoms with Crippen molar-refractivity contribution in [1.29, 1.82) is 0 Å². The van der Waals surface area contributed by atoms with Gasteiger partial charge in [-0.15, -0.1) is 24.0 Å². The number of likely N-dealkylation sites (tertiary alicyclic amines) is 1. The summed E-state index contributed by atoms with van der Waals surface area (Å²) >= 11 is 0. The number of carbonyl (C=O) groups is 1. The molecule has 0 unspecified atom stereocenters. The molecule has 0 spiro atoms. The summed E-state index contributed by atoms with van der Waals surface area (Å²) in [7, 11) is 0. The van der Waals surface area contributed by atoms with Crippen molar-refractivity contribution in [3.8, 4) is 0 Å². The lowest BCUT2D eigenvalue weighted by molar-refractivity contribution is 0.0214. The van der Waals surface area contributed by atoms with Gasteiger partial charge in [0.1, 0.15) is 12.1 Å². The van der Waals surface area contributed by atoms with E-state index in [1.54, 1.807) is 0 Å². The first kappa shape index (κ1) is 28.5. The number of ether oxygens (including phenoxy) is 1. The van der Waals surface area contributed by atoms with E-state index in [9.17, 15) is 4.79 Å². The van der Waals surface area contributed by atoms with Gasteiger partial charge < -0.3 is 24.4 Å². The third kappa shape index (κ3) is 9.15. The maximum absolute atomic E-state index is 12.4. The molecule has 1 aromatic rings. The van der Waals surface area contributed by atoms with Gasteiger partial charge in [0.05, 0.1) is 5.69 Å². The van der Waals surface area contributed by atoms with Crippen molar-refractivity contribution in [2.24, 2.45) is 10.9 Å². The van der Waals surface area contributed by atoms with Crippen LogP contribution in [0.4, 0.5) is 4.79 Å². The molecule has 1 amide bonds. The van der Waals surface area contributed by atoms with Gasteiger partial charge in [0.2, 0.25) is 0 Å². The fraction of sp³-hybridized carbons (Fsp3) is 0.783. The zero-order valence-corrected chi connectivity index (χ0v) is 23.1. The predicted molar refractivity (Wildman–Crippen MR) is 139 cm³/mol. The number of hydrogen-bond donors (Lipinski definition) is 1. The van der Waals surface area contributed by atoms with Crippen LogP contribution in [0.1, 0.15) is 78.7 Å². The zero-order chi connectivity index (χ0) is 23.0. The fourth-order valence-electron chi connectivity index (χ4n) is 3.55. The summed E-state index contributed by atoms with van der Waals surface area (Å²) in [5, 5.41) is 7.51. The summed E-state index contributed by atoms with van der Waals surface area (Å²) in [5.74, 6) is 2.50. The molecular weight excluding hydrogens is 521 g/mol. The third-order valence-electron chi connectivity index (χ3n) is 5.31. The van der Waals surface area contributed by atoms with Crippen LogP contribution in [0.3, 0.4) is 0 Å². The number of aliphatic imine (C=N–C) groups is 1. The number of guanidine groups is 1. The molecule has 0 radical (unpaired) electrons. The van der Waals surface area contributed by atoms with Crippen molar-refractivity contribution in [1.82, 2.24) is 20.3 Å². The lowest BCUT2D eigenvalue weighted by Gasteiger charge is -2.36. The molecule has 1 fully saturated rings. The summed E-state index contributed by atoms with van der Waals surface area (Å²) < 4.78 is 11.0. The highest BCUT2D eigenvalue weighted by Gasteiger charge is 2.27. The Hall–Kier alpha value is -1.52. The monoisotopic (exact) mass is 563 g/mol. The highest BCUT2D eigenvalue weighted by molar-refractivity contribution is 14.0. The van der Waals surface area contributed by atoms with Gasteiger partial charge in [-0.25, -0.2) is 9.79 Å². The van der Waals surface area contributed by atoms with Crippen molar-refractivity contribution in [3.63, 3.8) is 0 Å². The van der Waals surface area contributed by atoms with E-state index < -0.39 is 5.60 Å². The first-order chi connectivity index (χ1) is 14.6. The number of halogens is 1. The lowest BCUT2D eigenvalue weighted by Crippen LogP contribution is -2.47. The van der Waals surface area contributed by atoms with Crippen LogP contribution in [0.25, 0.3) is 0 Å². The number of piperidine rings is 1. The Morgan fingerprint density at radius 1 is 1.34 bits per heavy atom. The number of nitrogens with one attached hydrogen (secondary N) is 1. The molecular formula is C23H42IN5O3. The van der Waals surface area contributed by atoms with Gasteiger partial charge >= 0.3 is 6.09 Å². The minimum absolute atomic E-state index is 0. The molecule has 1 N–H and O–H groups in total. The van der Waals surface area contributed by atoms with Gasteiger partial charge in [-0.3, -0.25) is 0 Å². The minimum atomic E-state index is -0.468. The van der Waals surface area contributed by atoms with E-state index in [0.717, 1.165) is 56.4 Å². The second kappa shape index (κ2) is 13.3. The molecule has 184 valence electrons. The average molecular weight is 564 g/mol. The topological polar surface area (TPSA) is 83.2 Å². The van der Waals surface area contributed by atoms with Crippen LogP contribution < -0.4 is 5.32 Å². The van der Waals surface area contributed by atoms with Crippen LogP contribution in [0.2, 0.25) is 0 Å². The zero-order valence-electron chi connectivity index (χ0n) is 20.8. The summed E-state index contributed by atoms with van der Waals surface area (Å²) in [6.45, 7) is 18.5. The maximum Gasteiger partial charge on any atom is 0.410 e. The molecule has 1 aromatic heterocycles. The molecule has 0 aromatic carbocycles. The Balaban J connectivity index is 0.00000512.